The molecule has 0 spiro atoms. The molecule has 1 aromatic rings. The standard InChI is InChI=1S/C10H10FNO2S/c1-14-8-4-3-7(5-12-6-13)9(11)10(8)15-2/h3-4H,5H2,1-2H3. The van der Waals surface area contributed by atoms with Gasteiger partial charge in [-0.25, -0.2) is 14.2 Å². The molecular weight excluding hydrogens is 217 g/mol. The lowest BCUT2D eigenvalue weighted by molar-refractivity contribution is 0.396. The second-order valence-corrected chi connectivity index (χ2v) is 3.50. The van der Waals surface area contributed by atoms with E-state index in [-0.39, 0.29) is 12.4 Å². The van der Waals surface area contributed by atoms with Crippen molar-refractivity contribution in [1.29, 1.82) is 0 Å². The highest BCUT2D eigenvalue weighted by Gasteiger charge is 2.12. The van der Waals surface area contributed by atoms with E-state index < -0.39 is 0 Å². The number of isocyanates is 1. The Morgan fingerprint density at radius 2 is 2.33 bits per heavy atom. The molecule has 0 unspecified atom stereocenters. The van der Waals surface area contributed by atoms with Crippen molar-refractivity contribution in [3.8, 4) is 5.75 Å². The Morgan fingerprint density at radius 1 is 1.60 bits per heavy atom. The number of thioether (sulfide) groups is 1. The number of hydrogen-bond acceptors (Lipinski definition) is 4. The van der Waals surface area contributed by atoms with Gasteiger partial charge in [-0.05, 0) is 12.3 Å². The van der Waals surface area contributed by atoms with E-state index in [1.807, 2.05) is 0 Å². The number of ether oxygens (including phenoxy) is 1. The molecular formula is C10H10FNO2S. The highest BCUT2D eigenvalue weighted by Crippen LogP contribution is 2.32. The summed E-state index contributed by atoms with van der Waals surface area (Å²) >= 11 is 1.25. The first-order valence-electron chi connectivity index (χ1n) is 4.17. The third kappa shape index (κ3) is 2.58. The number of hydrogen-bond donors (Lipinski definition) is 0. The van der Waals surface area contributed by atoms with Crippen LogP contribution in [0.1, 0.15) is 5.56 Å². The molecule has 1 aromatic carbocycles. The average molecular weight is 227 g/mol. The van der Waals surface area contributed by atoms with Crippen LogP contribution < -0.4 is 4.74 Å². The lowest BCUT2D eigenvalue weighted by Crippen LogP contribution is -1.95. The minimum absolute atomic E-state index is 0.00683. The van der Waals surface area contributed by atoms with Crippen LogP contribution >= 0.6 is 11.8 Å². The third-order valence-corrected chi connectivity index (χ3v) is 2.67. The topological polar surface area (TPSA) is 38.7 Å². The highest BCUT2D eigenvalue weighted by molar-refractivity contribution is 7.98. The summed E-state index contributed by atoms with van der Waals surface area (Å²) in [5.74, 6) is 0.0969. The third-order valence-electron chi connectivity index (χ3n) is 1.88. The summed E-state index contributed by atoms with van der Waals surface area (Å²) in [4.78, 5) is 13.7. The number of halogens is 1. The predicted octanol–water partition coefficient (Wildman–Crippen LogP) is 2.39. The molecule has 0 amide bonds. The van der Waals surface area contributed by atoms with Crippen molar-refractivity contribution in [3.63, 3.8) is 0 Å². The van der Waals surface area contributed by atoms with Crippen LogP contribution in [0.4, 0.5) is 4.39 Å². The van der Waals surface area contributed by atoms with Crippen LogP contribution in [0.3, 0.4) is 0 Å². The van der Waals surface area contributed by atoms with Gasteiger partial charge >= 0.3 is 0 Å². The maximum atomic E-state index is 13.8. The van der Waals surface area contributed by atoms with Crippen molar-refractivity contribution in [2.24, 2.45) is 4.99 Å². The molecule has 0 aromatic heterocycles. The number of aliphatic imine (C=N–C) groups is 1. The lowest BCUT2D eigenvalue weighted by atomic mass is 10.2. The summed E-state index contributed by atoms with van der Waals surface area (Å²) in [6, 6.07) is 3.21. The Balaban J connectivity index is 3.16. The minimum Gasteiger partial charge on any atom is -0.495 e. The first kappa shape index (κ1) is 11.8. The van der Waals surface area contributed by atoms with Crippen molar-refractivity contribution in [1.82, 2.24) is 0 Å². The molecule has 1 rings (SSSR count). The van der Waals surface area contributed by atoms with Crippen molar-refractivity contribution in [2.45, 2.75) is 11.4 Å². The van der Waals surface area contributed by atoms with Gasteiger partial charge < -0.3 is 4.74 Å². The van der Waals surface area contributed by atoms with E-state index in [1.165, 1.54) is 25.0 Å². The van der Waals surface area contributed by atoms with E-state index in [2.05, 4.69) is 4.99 Å². The van der Waals surface area contributed by atoms with Gasteiger partial charge in [0, 0.05) is 5.56 Å². The summed E-state index contributed by atoms with van der Waals surface area (Å²) in [5, 5.41) is 0. The molecule has 0 saturated carbocycles. The van der Waals surface area contributed by atoms with Gasteiger partial charge in [-0.15, -0.1) is 11.8 Å². The molecule has 0 heterocycles. The van der Waals surface area contributed by atoms with Gasteiger partial charge in [0.2, 0.25) is 6.08 Å². The first-order chi connectivity index (χ1) is 7.24. The van der Waals surface area contributed by atoms with Gasteiger partial charge in [-0.2, -0.15) is 0 Å². The Labute approximate surface area is 91.4 Å². The van der Waals surface area contributed by atoms with Crippen molar-refractivity contribution in [2.75, 3.05) is 13.4 Å². The Hall–Kier alpha value is -1.32. The fraction of sp³-hybridized carbons (Fsp3) is 0.300. The van der Waals surface area contributed by atoms with E-state index in [0.717, 1.165) is 0 Å². The highest BCUT2D eigenvalue weighted by atomic mass is 32.2. The fourth-order valence-corrected chi connectivity index (χ4v) is 1.83. The van der Waals surface area contributed by atoms with Crippen molar-refractivity contribution >= 4 is 17.8 Å². The van der Waals surface area contributed by atoms with Crippen LogP contribution in [-0.4, -0.2) is 19.4 Å². The molecule has 0 saturated heterocycles. The zero-order valence-electron chi connectivity index (χ0n) is 8.41. The van der Waals surface area contributed by atoms with Gasteiger partial charge in [0.25, 0.3) is 0 Å². The molecule has 0 aliphatic rings. The molecule has 0 aliphatic heterocycles. The van der Waals surface area contributed by atoms with E-state index in [0.29, 0.717) is 16.2 Å². The van der Waals surface area contributed by atoms with E-state index in [1.54, 1.807) is 18.4 Å². The van der Waals surface area contributed by atoms with Crippen LogP contribution in [0.15, 0.2) is 22.0 Å². The quantitative estimate of drug-likeness (QED) is 0.450. The van der Waals surface area contributed by atoms with Crippen LogP contribution in [0.5, 0.6) is 5.75 Å². The molecule has 0 atom stereocenters. The van der Waals surface area contributed by atoms with Crippen LogP contribution in [0.2, 0.25) is 0 Å². The van der Waals surface area contributed by atoms with Crippen LogP contribution in [-0.2, 0) is 11.3 Å². The minimum atomic E-state index is -0.388. The smallest absolute Gasteiger partial charge is 0.235 e. The van der Waals surface area contributed by atoms with Crippen LogP contribution in [0, 0.1) is 5.82 Å². The molecule has 0 fully saturated rings. The molecule has 0 N–H and O–H groups in total. The second-order valence-electron chi connectivity index (χ2n) is 2.68. The summed E-state index contributed by atoms with van der Waals surface area (Å²) in [6.07, 6.45) is 3.14. The van der Waals surface area contributed by atoms with E-state index >= 15 is 0 Å². The first-order valence-corrected chi connectivity index (χ1v) is 5.40. The Morgan fingerprint density at radius 3 is 2.87 bits per heavy atom. The molecule has 80 valence electrons. The number of nitrogens with zero attached hydrogens (tertiary/aromatic N) is 1. The Bertz CT molecular complexity index is 403. The molecule has 5 heteroatoms. The zero-order chi connectivity index (χ0) is 11.3. The van der Waals surface area contributed by atoms with Gasteiger partial charge in [-0.1, -0.05) is 6.07 Å². The lowest BCUT2D eigenvalue weighted by Gasteiger charge is -2.09. The predicted molar refractivity (Wildman–Crippen MR) is 56.6 cm³/mol. The van der Waals surface area contributed by atoms with Gasteiger partial charge in [-0.3, -0.25) is 0 Å². The maximum absolute atomic E-state index is 13.8. The van der Waals surface area contributed by atoms with Crippen molar-refractivity contribution < 1.29 is 13.9 Å². The van der Waals surface area contributed by atoms with Crippen molar-refractivity contribution in [3.05, 3.63) is 23.5 Å². The summed E-state index contributed by atoms with van der Waals surface area (Å²) in [5.41, 5.74) is 0.364. The number of methoxy groups -OCH3 is 1. The molecule has 0 aliphatic carbocycles. The van der Waals surface area contributed by atoms with Crippen LogP contribution in [0.25, 0.3) is 0 Å². The Kier molecular flexibility index (Phi) is 4.34. The maximum Gasteiger partial charge on any atom is 0.235 e. The summed E-state index contributed by atoms with van der Waals surface area (Å²) < 4.78 is 18.8. The van der Waals surface area contributed by atoms with E-state index in [9.17, 15) is 9.18 Å². The van der Waals surface area contributed by atoms with E-state index in [4.69, 9.17) is 4.74 Å². The average Bonchev–Trinajstić information content (AvgIpc) is 2.27. The molecule has 0 bridgehead atoms. The normalized spacial score (nSPS) is 9.53. The number of benzene rings is 1. The number of carbonyl (C=O) groups excluding carboxylic acids is 1. The van der Waals surface area contributed by atoms with Gasteiger partial charge in [0.05, 0.1) is 18.6 Å². The SMILES string of the molecule is COc1ccc(CN=C=O)c(F)c1SC. The summed E-state index contributed by atoms with van der Waals surface area (Å²) in [7, 11) is 1.48. The largest absolute Gasteiger partial charge is 0.495 e. The molecule has 0 radical (unpaired) electrons. The second kappa shape index (κ2) is 5.53. The summed E-state index contributed by atoms with van der Waals surface area (Å²) in [6.45, 7) is 0.00683. The van der Waals surface area contributed by atoms with Gasteiger partial charge in [0.15, 0.2) is 0 Å². The molecule has 15 heavy (non-hydrogen) atoms. The zero-order valence-corrected chi connectivity index (χ0v) is 9.23. The monoisotopic (exact) mass is 227 g/mol. The number of rotatable bonds is 4. The van der Waals surface area contributed by atoms with Gasteiger partial charge in [0.1, 0.15) is 11.6 Å². The molecule has 3 nitrogen and oxygen atoms in total. The fourth-order valence-electron chi connectivity index (χ4n) is 1.17.